The van der Waals surface area contributed by atoms with Crippen LogP contribution in [0.5, 0.6) is 5.75 Å². The summed E-state index contributed by atoms with van der Waals surface area (Å²) in [4.78, 5) is 16.7. The van der Waals surface area contributed by atoms with Gasteiger partial charge in [-0.05, 0) is 42.3 Å². The highest BCUT2D eigenvalue weighted by Crippen LogP contribution is 2.25. The lowest BCUT2D eigenvalue weighted by molar-refractivity contribution is 0.0885. The number of nitrogens with one attached hydrogen (secondary N) is 1. The van der Waals surface area contributed by atoms with Gasteiger partial charge in [0.05, 0.1) is 13.4 Å². The van der Waals surface area contributed by atoms with Gasteiger partial charge in [0.2, 0.25) is 11.7 Å². The van der Waals surface area contributed by atoms with Crippen molar-refractivity contribution in [1.29, 1.82) is 0 Å². The Kier molecular flexibility index (Phi) is 4.83. The number of hydrogen-bond donors (Lipinski definition) is 1. The Labute approximate surface area is 145 Å². The smallest absolute Gasteiger partial charge is 0.287 e. The number of ether oxygens (including phenoxy) is 1. The molecule has 0 unspecified atom stereocenters. The average molecular weight is 341 g/mol. The Morgan fingerprint density at radius 3 is 2.56 bits per heavy atom. The molecule has 0 bridgehead atoms. The number of nitrogens with zero attached hydrogens (tertiary/aromatic N) is 2. The van der Waals surface area contributed by atoms with Gasteiger partial charge in [-0.3, -0.25) is 4.79 Å². The molecule has 2 aromatic heterocycles. The highest BCUT2D eigenvalue weighted by Gasteiger charge is 2.26. The highest BCUT2D eigenvalue weighted by molar-refractivity contribution is 5.91. The average Bonchev–Trinajstić information content (AvgIpc) is 3.31. The van der Waals surface area contributed by atoms with Crippen LogP contribution in [0.15, 0.2) is 51.6 Å². The number of rotatable bonds is 6. The van der Waals surface area contributed by atoms with Gasteiger partial charge in [-0.1, -0.05) is 19.0 Å². The molecule has 0 saturated carbocycles. The molecule has 3 aromatic rings. The van der Waals surface area contributed by atoms with Crippen LogP contribution < -0.4 is 10.1 Å². The van der Waals surface area contributed by atoms with E-state index in [0.717, 1.165) is 11.3 Å². The molecular weight excluding hydrogens is 322 g/mol. The molecule has 130 valence electrons. The second kappa shape index (κ2) is 7.21. The number of benzene rings is 1. The van der Waals surface area contributed by atoms with Crippen LogP contribution in [0.4, 0.5) is 0 Å². The van der Waals surface area contributed by atoms with E-state index in [1.165, 1.54) is 6.26 Å². The first-order valence-electron chi connectivity index (χ1n) is 7.91. The fourth-order valence-electron chi connectivity index (χ4n) is 2.35. The SMILES string of the molecule is COc1ccc(-c2noc([C@H](NC(=O)c3ccco3)C(C)C)n2)cc1. The molecule has 3 rings (SSSR count). The van der Waals surface area contributed by atoms with Gasteiger partial charge in [-0.2, -0.15) is 4.98 Å². The van der Waals surface area contributed by atoms with E-state index < -0.39 is 6.04 Å². The number of amides is 1. The lowest BCUT2D eigenvalue weighted by Crippen LogP contribution is -2.31. The van der Waals surface area contributed by atoms with Crippen molar-refractivity contribution in [1.82, 2.24) is 15.5 Å². The van der Waals surface area contributed by atoms with Crippen molar-refractivity contribution in [2.24, 2.45) is 5.92 Å². The topological polar surface area (TPSA) is 90.4 Å². The van der Waals surface area contributed by atoms with E-state index in [-0.39, 0.29) is 17.6 Å². The van der Waals surface area contributed by atoms with E-state index in [1.54, 1.807) is 19.2 Å². The summed E-state index contributed by atoms with van der Waals surface area (Å²) >= 11 is 0. The third kappa shape index (κ3) is 3.71. The molecule has 1 atom stereocenters. The van der Waals surface area contributed by atoms with E-state index in [1.807, 2.05) is 38.1 Å². The van der Waals surface area contributed by atoms with Crippen molar-refractivity contribution >= 4 is 5.91 Å². The van der Waals surface area contributed by atoms with Crippen LogP contribution in [0.25, 0.3) is 11.4 Å². The minimum Gasteiger partial charge on any atom is -0.497 e. The molecule has 0 aliphatic carbocycles. The van der Waals surface area contributed by atoms with Gasteiger partial charge >= 0.3 is 0 Å². The summed E-state index contributed by atoms with van der Waals surface area (Å²) in [7, 11) is 1.61. The van der Waals surface area contributed by atoms with E-state index in [0.29, 0.717) is 11.7 Å². The summed E-state index contributed by atoms with van der Waals surface area (Å²) in [6.07, 6.45) is 1.45. The quantitative estimate of drug-likeness (QED) is 0.738. The van der Waals surface area contributed by atoms with Gasteiger partial charge in [0.1, 0.15) is 11.8 Å². The zero-order valence-corrected chi connectivity index (χ0v) is 14.2. The molecule has 0 fully saturated rings. The zero-order chi connectivity index (χ0) is 17.8. The fourth-order valence-corrected chi connectivity index (χ4v) is 2.35. The van der Waals surface area contributed by atoms with Crippen LogP contribution in [-0.4, -0.2) is 23.2 Å². The number of carbonyl (C=O) groups excluding carboxylic acids is 1. The van der Waals surface area contributed by atoms with Crippen molar-refractivity contribution in [3.63, 3.8) is 0 Å². The number of aromatic nitrogens is 2. The second-order valence-electron chi connectivity index (χ2n) is 5.86. The first-order chi connectivity index (χ1) is 12.1. The molecule has 0 aliphatic rings. The Balaban J connectivity index is 1.80. The molecule has 7 heteroatoms. The normalized spacial score (nSPS) is 12.2. The summed E-state index contributed by atoms with van der Waals surface area (Å²) < 4.78 is 15.6. The molecule has 7 nitrogen and oxygen atoms in total. The maximum absolute atomic E-state index is 12.2. The van der Waals surface area contributed by atoms with Gasteiger partial charge < -0.3 is 19.0 Å². The number of carbonyl (C=O) groups is 1. The van der Waals surface area contributed by atoms with E-state index in [2.05, 4.69) is 15.5 Å². The summed E-state index contributed by atoms with van der Waals surface area (Å²) in [5, 5.41) is 6.88. The van der Waals surface area contributed by atoms with Crippen molar-refractivity contribution in [3.8, 4) is 17.1 Å². The van der Waals surface area contributed by atoms with Crippen LogP contribution in [0.1, 0.15) is 36.3 Å². The predicted molar refractivity (Wildman–Crippen MR) is 90.0 cm³/mol. The van der Waals surface area contributed by atoms with Crippen LogP contribution in [0, 0.1) is 5.92 Å². The van der Waals surface area contributed by atoms with Gasteiger partial charge in [0, 0.05) is 5.56 Å². The third-order valence-electron chi connectivity index (χ3n) is 3.75. The fraction of sp³-hybridized carbons (Fsp3) is 0.278. The lowest BCUT2D eigenvalue weighted by Gasteiger charge is -2.17. The molecule has 0 spiro atoms. The third-order valence-corrected chi connectivity index (χ3v) is 3.75. The lowest BCUT2D eigenvalue weighted by atomic mass is 10.0. The molecule has 25 heavy (non-hydrogen) atoms. The van der Waals surface area contributed by atoms with Crippen molar-refractivity contribution in [2.75, 3.05) is 7.11 Å². The minimum atomic E-state index is -0.419. The maximum Gasteiger partial charge on any atom is 0.287 e. The van der Waals surface area contributed by atoms with E-state index in [9.17, 15) is 4.79 Å². The van der Waals surface area contributed by atoms with Crippen LogP contribution in [-0.2, 0) is 0 Å². The summed E-state index contributed by atoms with van der Waals surface area (Å²) in [5.74, 6) is 1.52. The van der Waals surface area contributed by atoms with E-state index in [4.69, 9.17) is 13.7 Å². The Hall–Kier alpha value is -3.09. The zero-order valence-electron chi connectivity index (χ0n) is 14.2. The van der Waals surface area contributed by atoms with Gasteiger partial charge in [0.15, 0.2) is 5.76 Å². The molecule has 0 aliphatic heterocycles. The second-order valence-corrected chi connectivity index (χ2v) is 5.86. The largest absolute Gasteiger partial charge is 0.497 e. The van der Waals surface area contributed by atoms with Crippen molar-refractivity contribution in [3.05, 3.63) is 54.3 Å². The van der Waals surface area contributed by atoms with Crippen molar-refractivity contribution in [2.45, 2.75) is 19.9 Å². The number of methoxy groups -OCH3 is 1. The molecule has 1 aromatic carbocycles. The Bertz CT molecular complexity index is 822. The highest BCUT2D eigenvalue weighted by atomic mass is 16.5. The van der Waals surface area contributed by atoms with Crippen molar-refractivity contribution < 1.29 is 18.5 Å². The molecular formula is C18H19N3O4. The monoisotopic (exact) mass is 341 g/mol. The Morgan fingerprint density at radius 2 is 1.96 bits per heavy atom. The van der Waals surface area contributed by atoms with Crippen LogP contribution in [0.2, 0.25) is 0 Å². The molecule has 0 saturated heterocycles. The van der Waals surface area contributed by atoms with Crippen LogP contribution in [0.3, 0.4) is 0 Å². The van der Waals surface area contributed by atoms with Gasteiger partial charge in [-0.15, -0.1) is 0 Å². The summed E-state index contributed by atoms with van der Waals surface area (Å²) in [5.41, 5.74) is 0.802. The van der Waals surface area contributed by atoms with Gasteiger partial charge in [0.25, 0.3) is 5.91 Å². The van der Waals surface area contributed by atoms with Crippen LogP contribution >= 0.6 is 0 Å². The minimum absolute atomic E-state index is 0.0584. The number of furan rings is 1. The summed E-state index contributed by atoms with van der Waals surface area (Å²) in [6.45, 7) is 3.93. The molecule has 1 amide bonds. The first-order valence-corrected chi connectivity index (χ1v) is 7.91. The first kappa shape index (κ1) is 16.8. The molecule has 0 radical (unpaired) electrons. The van der Waals surface area contributed by atoms with E-state index >= 15 is 0 Å². The maximum atomic E-state index is 12.2. The standard InChI is InChI=1S/C18H19N3O4/c1-11(2)15(19-17(22)14-5-4-10-24-14)18-20-16(21-25-18)12-6-8-13(23-3)9-7-12/h4-11,15H,1-3H3,(H,19,22)/t15-/m1/s1. The molecule has 1 N–H and O–H groups in total. The number of hydrogen-bond acceptors (Lipinski definition) is 6. The Morgan fingerprint density at radius 1 is 1.20 bits per heavy atom. The van der Waals surface area contributed by atoms with Gasteiger partial charge in [-0.25, -0.2) is 0 Å². The predicted octanol–water partition coefficient (Wildman–Crippen LogP) is 3.47. The summed E-state index contributed by atoms with van der Waals surface area (Å²) in [6, 6.07) is 10.2. The molecule has 2 heterocycles.